The molecule has 0 saturated heterocycles. The van der Waals surface area contributed by atoms with E-state index in [2.05, 4.69) is 15.3 Å². The molecule has 2 N–H and O–H groups in total. The number of carboxylic acids is 1. The maximum atomic E-state index is 10.5. The summed E-state index contributed by atoms with van der Waals surface area (Å²) in [6.07, 6.45) is 3.66. The lowest BCUT2D eigenvalue weighted by molar-refractivity contribution is 0.0690. The Kier molecular flexibility index (Phi) is 4.65. The molecule has 6 nitrogen and oxygen atoms in total. The predicted molar refractivity (Wildman–Crippen MR) is 58.6 cm³/mol. The summed E-state index contributed by atoms with van der Waals surface area (Å²) in [6, 6.07) is 0. The fourth-order valence-electron chi connectivity index (χ4n) is 1.05. The van der Waals surface area contributed by atoms with Gasteiger partial charge in [0, 0.05) is 13.7 Å². The predicted octanol–water partition coefficient (Wildman–Crippen LogP) is 1.01. The standard InChI is InChI=1S/C10H15N3O3/c1-7(16-2)3-4-11-9-6-12-8(5-13-9)10(14)15/h5-7H,3-4H2,1-2H3,(H,11,13)(H,14,15). The molecule has 0 aromatic carbocycles. The first-order chi connectivity index (χ1) is 7.63. The van der Waals surface area contributed by atoms with E-state index in [-0.39, 0.29) is 11.8 Å². The average molecular weight is 225 g/mol. The van der Waals surface area contributed by atoms with Crippen LogP contribution in [-0.2, 0) is 4.74 Å². The van der Waals surface area contributed by atoms with Gasteiger partial charge in [-0.15, -0.1) is 0 Å². The monoisotopic (exact) mass is 225 g/mol. The van der Waals surface area contributed by atoms with Crippen LogP contribution >= 0.6 is 0 Å². The highest BCUT2D eigenvalue weighted by Gasteiger charge is 2.04. The molecule has 16 heavy (non-hydrogen) atoms. The molecule has 0 spiro atoms. The zero-order valence-corrected chi connectivity index (χ0v) is 9.30. The second-order valence-corrected chi connectivity index (χ2v) is 3.35. The Morgan fingerprint density at radius 1 is 1.56 bits per heavy atom. The summed E-state index contributed by atoms with van der Waals surface area (Å²) < 4.78 is 5.08. The van der Waals surface area contributed by atoms with Crippen molar-refractivity contribution in [1.82, 2.24) is 9.97 Å². The van der Waals surface area contributed by atoms with Crippen molar-refractivity contribution in [2.24, 2.45) is 0 Å². The van der Waals surface area contributed by atoms with E-state index in [0.29, 0.717) is 12.4 Å². The van der Waals surface area contributed by atoms with Gasteiger partial charge in [-0.2, -0.15) is 0 Å². The first kappa shape index (κ1) is 12.4. The molecule has 0 aliphatic carbocycles. The third-order valence-corrected chi connectivity index (χ3v) is 2.13. The summed E-state index contributed by atoms with van der Waals surface area (Å²) in [5.41, 5.74) is -0.0594. The molecule has 1 unspecified atom stereocenters. The summed E-state index contributed by atoms with van der Waals surface area (Å²) in [5, 5.41) is 11.6. The quantitative estimate of drug-likeness (QED) is 0.751. The van der Waals surface area contributed by atoms with E-state index in [1.165, 1.54) is 12.4 Å². The summed E-state index contributed by atoms with van der Waals surface area (Å²) >= 11 is 0. The van der Waals surface area contributed by atoms with Crippen LogP contribution in [-0.4, -0.2) is 40.8 Å². The van der Waals surface area contributed by atoms with Gasteiger partial charge in [-0.3, -0.25) is 0 Å². The zero-order chi connectivity index (χ0) is 12.0. The first-order valence-corrected chi connectivity index (χ1v) is 4.95. The number of aromatic carboxylic acids is 1. The van der Waals surface area contributed by atoms with Gasteiger partial charge in [0.05, 0.1) is 18.5 Å². The van der Waals surface area contributed by atoms with Crippen molar-refractivity contribution in [2.75, 3.05) is 19.0 Å². The number of carboxylic acid groups (broad SMARTS) is 1. The van der Waals surface area contributed by atoms with E-state index < -0.39 is 5.97 Å². The molecule has 0 bridgehead atoms. The van der Waals surface area contributed by atoms with Crippen LogP contribution in [0.2, 0.25) is 0 Å². The third kappa shape index (κ3) is 3.82. The minimum Gasteiger partial charge on any atom is -0.476 e. The van der Waals surface area contributed by atoms with Crippen molar-refractivity contribution in [2.45, 2.75) is 19.4 Å². The minimum absolute atomic E-state index is 0.0594. The number of hydrogen-bond acceptors (Lipinski definition) is 5. The molecular weight excluding hydrogens is 210 g/mol. The normalized spacial score (nSPS) is 12.1. The van der Waals surface area contributed by atoms with Gasteiger partial charge in [0.2, 0.25) is 0 Å². The second kappa shape index (κ2) is 6.02. The van der Waals surface area contributed by atoms with E-state index in [1.807, 2.05) is 6.92 Å². The van der Waals surface area contributed by atoms with Gasteiger partial charge >= 0.3 is 5.97 Å². The molecule has 0 amide bonds. The number of methoxy groups -OCH3 is 1. The molecule has 1 aromatic rings. The van der Waals surface area contributed by atoms with Gasteiger partial charge in [0.1, 0.15) is 5.82 Å². The number of ether oxygens (including phenoxy) is 1. The van der Waals surface area contributed by atoms with Gasteiger partial charge in [0.15, 0.2) is 5.69 Å². The molecule has 1 aromatic heterocycles. The third-order valence-electron chi connectivity index (χ3n) is 2.13. The smallest absolute Gasteiger partial charge is 0.356 e. The highest BCUT2D eigenvalue weighted by Crippen LogP contribution is 2.02. The first-order valence-electron chi connectivity index (χ1n) is 4.95. The summed E-state index contributed by atoms with van der Waals surface area (Å²) in [7, 11) is 1.66. The maximum Gasteiger partial charge on any atom is 0.356 e. The van der Waals surface area contributed by atoms with Crippen LogP contribution in [0.1, 0.15) is 23.8 Å². The van der Waals surface area contributed by atoms with Crippen LogP contribution < -0.4 is 5.32 Å². The van der Waals surface area contributed by atoms with Gasteiger partial charge in [-0.1, -0.05) is 0 Å². The van der Waals surface area contributed by atoms with E-state index >= 15 is 0 Å². The van der Waals surface area contributed by atoms with Crippen LogP contribution in [0.3, 0.4) is 0 Å². The largest absolute Gasteiger partial charge is 0.476 e. The second-order valence-electron chi connectivity index (χ2n) is 3.35. The van der Waals surface area contributed by atoms with Crippen molar-refractivity contribution in [1.29, 1.82) is 0 Å². The Bertz CT molecular complexity index is 340. The lowest BCUT2D eigenvalue weighted by atomic mass is 10.3. The summed E-state index contributed by atoms with van der Waals surface area (Å²) in [6.45, 7) is 2.68. The topological polar surface area (TPSA) is 84.3 Å². The van der Waals surface area contributed by atoms with Crippen LogP contribution in [0.4, 0.5) is 5.82 Å². The molecule has 1 atom stereocenters. The molecule has 0 aliphatic heterocycles. The number of nitrogens with one attached hydrogen (secondary N) is 1. The Hall–Kier alpha value is -1.69. The Labute approximate surface area is 93.7 Å². The van der Waals surface area contributed by atoms with Crippen molar-refractivity contribution in [3.63, 3.8) is 0 Å². The van der Waals surface area contributed by atoms with Crippen molar-refractivity contribution in [3.8, 4) is 0 Å². The average Bonchev–Trinajstić information content (AvgIpc) is 2.29. The number of rotatable bonds is 6. The highest BCUT2D eigenvalue weighted by atomic mass is 16.5. The molecule has 6 heteroatoms. The van der Waals surface area contributed by atoms with Gasteiger partial charge in [0.25, 0.3) is 0 Å². The van der Waals surface area contributed by atoms with Crippen LogP contribution in [0, 0.1) is 0 Å². The molecule has 0 fully saturated rings. The Morgan fingerprint density at radius 2 is 2.31 bits per heavy atom. The SMILES string of the molecule is COC(C)CCNc1cnc(C(=O)O)cn1. The number of nitrogens with zero attached hydrogens (tertiary/aromatic N) is 2. The van der Waals surface area contributed by atoms with Crippen molar-refractivity contribution in [3.05, 3.63) is 18.1 Å². The van der Waals surface area contributed by atoms with Crippen LogP contribution in [0.15, 0.2) is 12.4 Å². The van der Waals surface area contributed by atoms with E-state index in [1.54, 1.807) is 7.11 Å². The highest BCUT2D eigenvalue weighted by molar-refractivity contribution is 5.84. The van der Waals surface area contributed by atoms with E-state index in [4.69, 9.17) is 9.84 Å². The zero-order valence-electron chi connectivity index (χ0n) is 9.30. The number of anilines is 1. The minimum atomic E-state index is -1.08. The molecule has 1 rings (SSSR count). The van der Waals surface area contributed by atoms with E-state index in [0.717, 1.165) is 6.42 Å². The molecule has 1 heterocycles. The molecule has 0 radical (unpaired) electrons. The van der Waals surface area contributed by atoms with Crippen LogP contribution in [0.5, 0.6) is 0 Å². The number of aromatic nitrogens is 2. The Balaban J connectivity index is 2.40. The van der Waals surface area contributed by atoms with E-state index in [9.17, 15) is 4.79 Å². The summed E-state index contributed by atoms with van der Waals surface area (Å²) in [4.78, 5) is 18.2. The molecule has 88 valence electrons. The molecule has 0 aliphatic rings. The van der Waals surface area contributed by atoms with Crippen LogP contribution in [0.25, 0.3) is 0 Å². The van der Waals surface area contributed by atoms with Crippen molar-refractivity contribution >= 4 is 11.8 Å². The van der Waals surface area contributed by atoms with Crippen molar-refractivity contribution < 1.29 is 14.6 Å². The van der Waals surface area contributed by atoms with Gasteiger partial charge < -0.3 is 15.2 Å². The fraction of sp³-hybridized carbons (Fsp3) is 0.500. The summed E-state index contributed by atoms with van der Waals surface area (Å²) in [5.74, 6) is -0.514. The Morgan fingerprint density at radius 3 is 2.81 bits per heavy atom. The molecular formula is C10H15N3O3. The lowest BCUT2D eigenvalue weighted by Gasteiger charge is -2.09. The molecule has 0 saturated carbocycles. The van der Waals surface area contributed by atoms with Gasteiger partial charge in [-0.05, 0) is 13.3 Å². The number of carbonyl (C=O) groups is 1. The lowest BCUT2D eigenvalue weighted by Crippen LogP contribution is -2.13. The number of hydrogen-bond donors (Lipinski definition) is 2. The van der Waals surface area contributed by atoms with Gasteiger partial charge in [-0.25, -0.2) is 14.8 Å². The fourth-order valence-corrected chi connectivity index (χ4v) is 1.05. The maximum absolute atomic E-state index is 10.5.